The lowest BCUT2D eigenvalue weighted by atomic mass is 10.1. The van der Waals surface area contributed by atoms with Crippen LogP contribution in [-0.4, -0.2) is 32.2 Å². The van der Waals surface area contributed by atoms with Gasteiger partial charge in [-0.2, -0.15) is 0 Å². The first-order chi connectivity index (χ1) is 9.04. The van der Waals surface area contributed by atoms with Crippen molar-refractivity contribution in [2.24, 2.45) is 5.92 Å². The van der Waals surface area contributed by atoms with Gasteiger partial charge in [-0.1, -0.05) is 12.1 Å². The minimum atomic E-state index is -3.32. The largest absolute Gasteiger partial charge is 0.242 e. The topological polar surface area (TPSA) is 37.4 Å². The third-order valence-corrected chi connectivity index (χ3v) is 5.55. The maximum absolute atomic E-state index is 12.3. The van der Waals surface area contributed by atoms with Gasteiger partial charge in [0.05, 0.1) is 4.90 Å². The Morgan fingerprint density at radius 3 is 2.42 bits per heavy atom. The van der Waals surface area contributed by atoms with E-state index in [4.69, 9.17) is 11.6 Å². The molecule has 0 spiro atoms. The fraction of sp³-hybridized carbons (Fsp3) is 0.571. The van der Waals surface area contributed by atoms with E-state index in [0.717, 1.165) is 31.2 Å². The van der Waals surface area contributed by atoms with Crippen LogP contribution in [-0.2, 0) is 16.4 Å². The summed E-state index contributed by atoms with van der Waals surface area (Å²) in [5.41, 5.74) is 1.13. The summed E-state index contributed by atoms with van der Waals surface area (Å²) in [4.78, 5) is 0.380. The van der Waals surface area contributed by atoms with Gasteiger partial charge >= 0.3 is 0 Å². The van der Waals surface area contributed by atoms with Gasteiger partial charge in [-0.25, -0.2) is 12.7 Å². The quantitative estimate of drug-likeness (QED) is 0.726. The molecule has 0 N–H and O–H groups in total. The molecule has 0 aliphatic heterocycles. The summed E-state index contributed by atoms with van der Waals surface area (Å²) in [7, 11) is -1.66. The number of hydrogen-bond acceptors (Lipinski definition) is 2. The standard InChI is InChI=1S/C14H20ClNO2S/c1-16(11-13-4-5-13)19(17,18)14-8-6-12(7-9-14)3-2-10-15/h6-9,13H,2-5,10-11H2,1H3. The Labute approximate surface area is 120 Å². The molecule has 106 valence electrons. The van der Waals surface area contributed by atoms with Crippen molar-refractivity contribution in [3.63, 3.8) is 0 Å². The van der Waals surface area contributed by atoms with Gasteiger partial charge in [-0.3, -0.25) is 0 Å². The van der Waals surface area contributed by atoms with Crippen molar-refractivity contribution >= 4 is 21.6 Å². The van der Waals surface area contributed by atoms with Gasteiger partial charge in [-0.05, 0) is 49.3 Å². The van der Waals surface area contributed by atoms with Crippen molar-refractivity contribution in [2.45, 2.75) is 30.6 Å². The maximum Gasteiger partial charge on any atom is 0.242 e. The molecule has 3 nitrogen and oxygen atoms in total. The summed E-state index contributed by atoms with van der Waals surface area (Å²) in [5, 5.41) is 0. The lowest BCUT2D eigenvalue weighted by Gasteiger charge is -2.17. The molecule has 0 amide bonds. The van der Waals surface area contributed by atoms with Gasteiger partial charge in [0.2, 0.25) is 10.0 Å². The lowest BCUT2D eigenvalue weighted by molar-refractivity contribution is 0.453. The second-order valence-electron chi connectivity index (χ2n) is 5.17. The van der Waals surface area contributed by atoms with Gasteiger partial charge in [0.25, 0.3) is 0 Å². The van der Waals surface area contributed by atoms with Crippen LogP contribution in [0.25, 0.3) is 0 Å². The van der Waals surface area contributed by atoms with E-state index >= 15 is 0 Å². The monoisotopic (exact) mass is 301 g/mol. The van der Waals surface area contributed by atoms with Crippen LogP contribution in [0.5, 0.6) is 0 Å². The Morgan fingerprint density at radius 2 is 1.89 bits per heavy atom. The summed E-state index contributed by atoms with van der Waals surface area (Å²) in [6.45, 7) is 0.635. The zero-order valence-corrected chi connectivity index (χ0v) is 12.8. The fourth-order valence-corrected chi connectivity index (χ4v) is 3.42. The van der Waals surface area contributed by atoms with E-state index in [9.17, 15) is 8.42 Å². The number of rotatable bonds is 7. The van der Waals surface area contributed by atoms with Crippen molar-refractivity contribution in [1.82, 2.24) is 4.31 Å². The molecule has 1 aromatic carbocycles. The third-order valence-electron chi connectivity index (χ3n) is 3.44. The van der Waals surface area contributed by atoms with Crippen molar-refractivity contribution in [3.05, 3.63) is 29.8 Å². The van der Waals surface area contributed by atoms with Crippen LogP contribution in [0, 0.1) is 5.92 Å². The molecule has 0 aromatic heterocycles. The molecule has 1 fully saturated rings. The number of sulfonamides is 1. The summed E-state index contributed by atoms with van der Waals surface area (Å²) >= 11 is 5.65. The summed E-state index contributed by atoms with van der Waals surface area (Å²) in [5.74, 6) is 1.19. The molecule has 0 atom stereocenters. The molecule has 5 heteroatoms. The Balaban J connectivity index is 2.06. The second-order valence-corrected chi connectivity index (χ2v) is 7.59. The average molecular weight is 302 g/mol. The Hall–Kier alpha value is -0.580. The smallest absolute Gasteiger partial charge is 0.207 e. The summed E-state index contributed by atoms with van der Waals surface area (Å²) < 4.78 is 26.1. The van der Waals surface area contributed by atoms with Gasteiger partial charge in [0.1, 0.15) is 0 Å². The van der Waals surface area contributed by atoms with Crippen LogP contribution in [0.15, 0.2) is 29.2 Å². The van der Waals surface area contributed by atoms with Gasteiger partial charge in [0, 0.05) is 19.5 Å². The van der Waals surface area contributed by atoms with Crippen molar-refractivity contribution in [2.75, 3.05) is 19.5 Å². The van der Waals surface area contributed by atoms with E-state index in [2.05, 4.69) is 0 Å². The first kappa shape index (κ1) is 14.8. The van der Waals surface area contributed by atoms with Crippen LogP contribution in [0.3, 0.4) is 0 Å². The van der Waals surface area contributed by atoms with Crippen LogP contribution in [0.4, 0.5) is 0 Å². The normalized spacial score (nSPS) is 15.9. The van der Waals surface area contributed by atoms with Crippen molar-refractivity contribution < 1.29 is 8.42 Å². The van der Waals surface area contributed by atoms with Crippen LogP contribution in [0.2, 0.25) is 0 Å². The molecule has 0 radical (unpaired) electrons. The van der Waals surface area contributed by atoms with E-state index in [1.807, 2.05) is 12.1 Å². The maximum atomic E-state index is 12.3. The number of alkyl halides is 1. The molecular weight excluding hydrogens is 282 g/mol. The predicted octanol–water partition coefficient (Wildman–Crippen LogP) is 2.89. The van der Waals surface area contributed by atoms with Crippen LogP contribution in [0.1, 0.15) is 24.8 Å². The number of aryl methyl sites for hydroxylation is 1. The average Bonchev–Trinajstić information content (AvgIpc) is 3.20. The molecule has 19 heavy (non-hydrogen) atoms. The Morgan fingerprint density at radius 1 is 1.26 bits per heavy atom. The van der Waals surface area contributed by atoms with Crippen LogP contribution < -0.4 is 0 Å². The molecule has 0 heterocycles. The molecule has 0 saturated heterocycles. The molecule has 1 saturated carbocycles. The van der Waals surface area contributed by atoms with Gasteiger partial charge < -0.3 is 0 Å². The van der Waals surface area contributed by atoms with E-state index in [0.29, 0.717) is 23.2 Å². The zero-order valence-electron chi connectivity index (χ0n) is 11.2. The Bertz CT molecular complexity index is 509. The van der Waals surface area contributed by atoms with Crippen molar-refractivity contribution in [3.8, 4) is 0 Å². The lowest BCUT2D eigenvalue weighted by Crippen LogP contribution is -2.28. The molecule has 1 aliphatic rings. The highest BCUT2D eigenvalue weighted by Gasteiger charge is 2.28. The van der Waals surface area contributed by atoms with E-state index < -0.39 is 10.0 Å². The minimum Gasteiger partial charge on any atom is -0.207 e. The number of halogens is 1. The van der Waals surface area contributed by atoms with Crippen LogP contribution >= 0.6 is 11.6 Å². The molecule has 1 aromatic rings. The van der Waals surface area contributed by atoms with Gasteiger partial charge in [-0.15, -0.1) is 11.6 Å². The highest BCUT2D eigenvalue weighted by Crippen LogP contribution is 2.31. The molecule has 0 unspecified atom stereocenters. The van der Waals surface area contributed by atoms with E-state index in [-0.39, 0.29) is 0 Å². The number of benzene rings is 1. The third kappa shape index (κ3) is 3.94. The highest BCUT2D eigenvalue weighted by molar-refractivity contribution is 7.89. The van der Waals surface area contributed by atoms with Gasteiger partial charge in [0.15, 0.2) is 0 Å². The zero-order chi connectivity index (χ0) is 13.9. The Kier molecular flexibility index (Phi) is 4.87. The predicted molar refractivity (Wildman–Crippen MR) is 78.0 cm³/mol. The number of nitrogens with zero attached hydrogens (tertiary/aromatic N) is 1. The number of hydrogen-bond donors (Lipinski definition) is 0. The highest BCUT2D eigenvalue weighted by atomic mass is 35.5. The van der Waals surface area contributed by atoms with Crippen molar-refractivity contribution in [1.29, 1.82) is 0 Å². The first-order valence-electron chi connectivity index (χ1n) is 6.65. The fourth-order valence-electron chi connectivity index (χ4n) is 2.04. The second kappa shape index (κ2) is 6.25. The summed E-state index contributed by atoms with van der Waals surface area (Å²) in [6.07, 6.45) is 4.10. The van der Waals surface area contributed by atoms with E-state index in [1.165, 1.54) is 4.31 Å². The SMILES string of the molecule is CN(CC1CC1)S(=O)(=O)c1ccc(CCCCl)cc1. The molecular formula is C14H20ClNO2S. The first-order valence-corrected chi connectivity index (χ1v) is 8.62. The molecule has 1 aliphatic carbocycles. The molecule has 2 rings (SSSR count). The summed E-state index contributed by atoms with van der Waals surface area (Å²) in [6, 6.07) is 7.15. The van der Waals surface area contributed by atoms with E-state index in [1.54, 1.807) is 19.2 Å². The molecule has 0 bridgehead atoms. The minimum absolute atomic E-state index is 0.380.